The predicted octanol–water partition coefficient (Wildman–Crippen LogP) is 3.67. The van der Waals surface area contributed by atoms with Gasteiger partial charge in [0.25, 0.3) is 0 Å². The molecule has 0 fully saturated rings. The summed E-state index contributed by atoms with van der Waals surface area (Å²) < 4.78 is 7.86. The molecular weight excluding hydrogens is 477 g/mol. The Labute approximate surface area is 190 Å². The average molecular weight is 509 g/mol. The first-order valence-corrected chi connectivity index (χ1v) is 10.4. The number of nitrogens with zero attached hydrogens (tertiary/aromatic N) is 3. The number of halogens is 1. The van der Waals surface area contributed by atoms with E-state index in [9.17, 15) is 0 Å². The largest absolute Gasteiger partial charge is 0.493 e. The van der Waals surface area contributed by atoms with Gasteiger partial charge in [0.1, 0.15) is 5.75 Å². The monoisotopic (exact) mass is 509 g/mol. The number of hydrogen-bond acceptors (Lipinski definition) is 3. The number of guanidine groups is 1. The van der Waals surface area contributed by atoms with E-state index in [0.717, 1.165) is 50.5 Å². The first kappa shape index (κ1) is 21.9. The van der Waals surface area contributed by atoms with Crippen LogP contribution in [0, 0.1) is 0 Å². The summed E-state index contributed by atoms with van der Waals surface area (Å²) in [5.41, 5.74) is 3.91. The molecule has 1 aromatic heterocycles. The molecule has 4 rings (SSSR count). The molecule has 1 aromatic carbocycles. The predicted molar refractivity (Wildman–Crippen MR) is 128 cm³/mol. The summed E-state index contributed by atoms with van der Waals surface area (Å²) in [6, 6.07) is 9.14. The van der Waals surface area contributed by atoms with Gasteiger partial charge in [-0.25, -0.2) is 0 Å². The number of ether oxygens (including phenoxy) is 1. The smallest absolute Gasteiger partial charge is 0.191 e. The molecule has 6 nitrogen and oxygen atoms in total. The molecule has 2 aromatic rings. The molecule has 7 heteroatoms. The van der Waals surface area contributed by atoms with Crippen molar-refractivity contribution in [3.63, 3.8) is 0 Å². The van der Waals surface area contributed by atoms with Gasteiger partial charge in [-0.15, -0.1) is 24.0 Å². The molecule has 0 amide bonds. The zero-order valence-corrected chi connectivity index (χ0v) is 19.8. The van der Waals surface area contributed by atoms with E-state index < -0.39 is 0 Å². The molecule has 0 saturated heterocycles. The Morgan fingerprint density at radius 2 is 2.14 bits per heavy atom. The molecule has 158 valence electrons. The lowest BCUT2D eigenvalue weighted by atomic mass is 9.93. The number of para-hydroxylation sites is 1. The van der Waals surface area contributed by atoms with E-state index in [2.05, 4.69) is 58.6 Å². The molecule has 2 N–H and O–H groups in total. The number of aromatic nitrogens is 2. The Hall–Kier alpha value is -1.77. The van der Waals surface area contributed by atoms with E-state index in [1.54, 1.807) is 0 Å². The van der Waals surface area contributed by atoms with Crippen LogP contribution in [-0.2, 0) is 12.8 Å². The summed E-state index contributed by atoms with van der Waals surface area (Å²) in [6.45, 7) is 5.99. The van der Waals surface area contributed by atoms with Gasteiger partial charge >= 0.3 is 0 Å². The van der Waals surface area contributed by atoms with Gasteiger partial charge in [0.2, 0.25) is 0 Å². The van der Waals surface area contributed by atoms with E-state index in [4.69, 9.17) is 9.84 Å². The second-order valence-corrected chi connectivity index (χ2v) is 8.08. The maximum Gasteiger partial charge on any atom is 0.191 e. The summed E-state index contributed by atoms with van der Waals surface area (Å²) in [5.74, 6) is 2.34. The van der Waals surface area contributed by atoms with Crippen molar-refractivity contribution in [2.75, 3.05) is 20.2 Å². The highest BCUT2D eigenvalue weighted by Crippen LogP contribution is 2.32. The molecule has 0 saturated carbocycles. The second-order valence-electron chi connectivity index (χ2n) is 8.08. The van der Waals surface area contributed by atoms with Crippen LogP contribution in [0.2, 0.25) is 0 Å². The van der Waals surface area contributed by atoms with Gasteiger partial charge in [0.15, 0.2) is 5.96 Å². The van der Waals surface area contributed by atoms with Crippen molar-refractivity contribution in [1.29, 1.82) is 0 Å². The number of aliphatic imine (C=N–C) groups is 1. The SMILES string of the molecule is CN=C(NCC1CCOc2ccccc21)NC1CCc2cn(C(C)C)nc2C1.I. The summed E-state index contributed by atoms with van der Waals surface area (Å²) in [4.78, 5) is 4.45. The maximum atomic E-state index is 5.78. The van der Waals surface area contributed by atoms with Crippen LogP contribution in [0.15, 0.2) is 35.5 Å². The quantitative estimate of drug-likeness (QED) is 0.375. The molecule has 2 aliphatic rings. The molecule has 2 unspecified atom stereocenters. The van der Waals surface area contributed by atoms with Crippen molar-refractivity contribution >= 4 is 29.9 Å². The molecule has 0 spiro atoms. The van der Waals surface area contributed by atoms with Gasteiger partial charge in [-0.1, -0.05) is 18.2 Å². The second kappa shape index (κ2) is 9.82. The molecule has 29 heavy (non-hydrogen) atoms. The third-order valence-corrected chi connectivity index (χ3v) is 5.79. The van der Waals surface area contributed by atoms with Crippen LogP contribution in [0.3, 0.4) is 0 Å². The van der Waals surface area contributed by atoms with Crippen molar-refractivity contribution < 1.29 is 4.74 Å². The molecule has 1 aliphatic carbocycles. The third kappa shape index (κ3) is 5.05. The summed E-state index contributed by atoms with van der Waals surface area (Å²) in [5, 5.41) is 11.9. The van der Waals surface area contributed by atoms with Crippen LogP contribution in [0.1, 0.15) is 55.5 Å². The van der Waals surface area contributed by atoms with Crippen LogP contribution in [0.4, 0.5) is 0 Å². The molecule has 0 bridgehead atoms. The number of fused-ring (bicyclic) bond motifs is 2. The van der Waals surface area contributed by atoms with E-state index in [1.807, 2.05) is 13.1 Å². The zero-order valence-electron chi connectivity index (χ0n) is 17.5. The number of benzene rings is 1. The van der Waals surface area contributed by atoms with E-state index in [0.29, 0.717) is 18.0 Å². The lowest BCUT2D eigenvalue weighted by Crippen LogP contribution is -2.46. The topological polar surface area (TPSA) is 63.5 Å². The fourth-order valence-corrected chi connectivity index (χ4v) is 4.14. The van der Waals surface area contributed by atoms with Crippen molar-refractivity contribution in [2.45, 2.75) is 57.5 Å². The highest BCUT2D eigenvalue weighted by Gasteiger charge is 2.24. The fourth-order valence-electron chi connectivity index (χ4n) is 4.14. The van der Waals surface area contributed by atoms with Gasteiger partial charge in [0.05, 0.1) is 12.3 Å². The van der Waals surface area contributed by atoms with Gasteiger partial charge in [-0.3, -0.25) is 9.67 Å². The highest BCUT2D eigenvalue weighted by molar-refractivity contribution is 14.0. The maximum absolute atomic E-state index is 5.78. The number of rotatable bonds is 4. The Morgan fingerprint density at radius 1 is 1.31 bits per heavy atom. The first-order valence-electron chi connectivity index (χ1n) is 10.4. The molecule has 2 heterocycles. The van der Waals surface area contributed by atoms with Gasteiger partial charge in [-0.2, -0.15) is 5.10 Å². The summed E-state index contributed by atoms with van der Waals surface area (Å²) in [7, 11) is 1.84. The fraction of sp³-hybridized carbons (Fsp3) is 0.545. The molecule has 1 aliphatic heterocycles. The standard InChI is InChI=1S/C22H31N5O.HI/c1-15(2)27-14-17-8-9-18(12-20(17)26-27)25-22(23-3)24-13-16-10-11-28-21-7-5-4-6-19(16)21;/h4-7,14-16,18H,8-13H2,1-3H3,(H2,23,24,25);1H. The minimum Gasteiger partial charge on any atom is -0.493 e. The minimum absolute atomic E-state index is 0. The zero-order chi connectivity index (χ0) is 19.5. The number of aryl methyl sites for hydroxylation is 1. The van der Waals surface area contributed by atoms with E-state index >= 15 is 0 Å². The Bertz CT molecular complexity index is 847. The van der Waals surface area contributed by atoms with Crippen molar-refractivity contribution in [3.8, 4) is 5.75 Å². The highest BCUT2D eigenvalue weighted by atomic mass is 127. The lowest BCUT2D eigenvalue weighted by molar-refractivity contribution is 0.267. The van der Waals surface area contributed by atoms with Crippen LogP contribution in [0.5, 0.6) is 5.75 Å². The molecule has 0 radical (unpaired) electrons. The lowest BCUT2D eigenvalue weighted by Gasteiger charge is -2.28. The van der Waals surface area contributed by atoms with Crippen molar-refractivity contribution in [2.24, 2.45) is 4.99 Å². The van der Waals surface area contributed by atoms with Gasteiger partial charge in [-0.05, 0) is 50.3 Å². The van der Waals surface area contributed by atoms with Crippen LogP contribution >= 0.6 is 24.0 Å². The normalized spacial score (nSPS) is 20.9. The molecule has 2 atom stereocenters. The number of nitrogens with one attached hydrogen (secondary N) is 2. The van der Waals surface area contributed by atoms with Crippen molar-refractivity contribution in [1.82, 2.24) is 20.4 Å². The Balaban J connectivity index is 0.00000240. The van der Waals surface area contributed by atoms with E-state index in [1.165, 1.54) is 16.8 Å². The Morgan fingerprint density at radius 3 is 2.93 bits per heavy atom. The van der Waals surface area contributed by atoms with Gasteiger partial charge < -0.3 is 15.4 Å². The van der Waals surface area contributed by atoms with Crippen LogP contribution in [0.25, 0.3) is 0 Å². The molecular formula is C22H32IN5O. The average Bonchev–Trinajstić information content (AvgIpc) is 3.15. The summed E-state index contributed by atoms with van der Waals surface area (Å²) in [6.07, 6.45) is 6.38. The first-order chi connectivity index (χ1) is 13.6. The summed E-state index contributed by atoms with van der Waals surface area (Å²) >= 11 is 0. The number of hydrogen-bond donors (Lipinski definition) is 2. The third-order valence-electron chi connectivity index (χ3n) is 5.79. The van der Waals surface area contributed by atoms with E-state index in [-0.39, 0.29) is 24.0 Å². The Kier molecular flexibility index (Phi) is 7.43. The van der Waals surface area contributed by atoms with Crippen LogP contribution < -0.4 is 15.4 Å². The van der Waals surface area contributed by atoms with Crippen molar-refractivity contribution in [3.05, 3.63) is 47.3 Å². The minimum atomic E-state index is 0. The van der Waals surface area contributed by atoms with Crippen LogP contribution in [-0.4, -0.2) is 42.0 Å². The van der Waals surface area contributed by atoms with Gasteiger partial charge in [0, 0.05) is 44.2 Å².